The van der Waals surface area contributed by atoms with Crippen LogP contribution in [0.3, 0.4) is 0 Å². The van der Waals surface area contributed by atoms with Crippen molar-refractivity contribution in [3.05, 3.63) is 57.5 Å². The molecule has 0 spiro atoms. The number of aromatic nitrogens is 2. The van der Waals surface area contributed by atoms with E-state index in [9.17, 15) is 14.9 Å². The molecule has 0 aliphatic heterocycles. The largest absolute Gasteiger partial charge is 0.455 e. The summed E-state index contributed by atoms with van der Waals surface area (Å²) in [5.41, 5.74) is 8.65. The summed E-state index contributed by atoms with van der Waals surface area (Å²) in [6, 6.07) is 7.97. The van der Waals surface area contributed by atoms with Crippen molar-refractivity contribution in [2.45, 2.75) is 6.92 Å². The number of nitro groups is 1. The Morgan fingerprint density at radius 2 is 2.15 bits per heavy atom. The van der Waals surface area contributed by atoms with Gasteiger partial charge in [-0.25, -0.2) is 10.1 Å². The summed E-state index contributed by atoms with van der Waals surface area (Å²) in [7, 11) is 0. The number of rotatable bonds is 5. The average molecular weight is 356 g/mol. The number of anilines is 1. The highest BCUT2D eigenvalue weighted by molar-refractivity contribution is 5.96. The zero-order valence-electron chi connectivity index (χ0n) is 13.4. The summed E-state index contributed by atoms with van der Waals surface area (Å²) in [6.45, 7) is 1.65. The molecule has 2 aromatic heterocycles. The van der Waals surface area contributed by atoms with Gasteiger partial charge in [0.05, 0.1) is 11.1 Å². The lowest BCUT2D eigenvalue weighted by molar-refractivity contribution is -0.385. The van der Waals surface area contributed by atoms with Gasteiger partial charge in [-0.15, -0.1) is 0 Å². The number of carbonyl (C=O) groups is 1. The second-order valence-corrected chi connectivity index (χ2v) is 5.16. The minimum atomic E-state index is -0.683. The summed E-state index contributed by atoms with van der Waals surface area (Å²) in [5.74, 6) is 0.0348. The Morgan fingerprint density at radius 3 is 2.81 bits per heavy atom. The van der Waals surface area contributed by atoms with Gasteiger partial charge < -0.3 is 10.2 Å². The molecule has 11 nitrogen and oxygen atoms in total. The molecule has 3 rings (SSSR count). The third-order valence-electron chi connectivity index (χ3n) is 3.39. The fourth-order valence-electron chi connectivity index (χ4n) is 2.15. The van der Waals surface area contributed by atoms with E-state index in [1.165, 1.54) is 12.3 Å². The Kier molecular flexibility index (Phi) is 4.43. The quantitative estimate of drug-likeness (QED) is 0.397. The number of nitrogen functional groups attached to an aromatic ring is 1. The topological polar surface area (TPSA) is 163 Å². The molecule has 0 unspecified atom stereocenters. The number of nitrogens with zero attached hydrogens (tertiary/aromatic N) is 4. The van der Waals surface area contributed by atoms with Crippen LogP contribution in [0, 0.1) is 17.0 Å². The van der Waals surface area contributed by atoms with Gasteiger partial charge in [0.1, 0.15) is 11.5 Å². The number of benzene rings is 1. The third kappa shape index (κ3) is 3.40. The monoisotopic (exact) mass is 356 g/mol. The van der Waals surface area contributed by atoms with Crippen molar-refractivity contribution < 1.29 is 18.8 Å². The molecule has 26 heavy (non-hydrogen) atoms. The van der Waals surface area contributed by atoms with Gasteiger partial charge in [-0.05, 0) is 41.5 Å². The van der Waals surface area contributed by atoms with Crippen LogP contribution in [0.4, 0.5) is 11.5 Å². The Balaban J connectivity index is 1.70. The molecular formula is C15H12N6O5. The van der Waals surface area contributed by atoms with E-state index in [1.807, 2.05) is 0 Å². The van der Waals surface area contributed by atoms with Crippen molar-refractivity contribution in [2.24, 2.45) is 5.10 Å². The van der Waals surface area contributed by atoms with E-state index in [2.05, 4.69) is 25.5 Å². The number of nitro benzene ring substituents is 1. The summed E-state index contributed by atoms with van der Waals surface area (Å²) in [5, 5.41) is 21.2. The predicted molar refractivity (Wildman–Crippen MR) is 89.3 cm³/mol. The van der Waals surface area contributed by atoms with Crippen LogP contribution in [-0.2, 0) is 0 Å². The molecule has 11 heteroatoms. The molecule has 0 radical (unpaired) electrons. The summed E-state index contributed by atoms with van der Waals surface area (Å²) in [6.07, 6.45) is 1.28. The van der Waals surface area contributed by atoms with Crippen molar-refractivity contribution in [2.75, 3.05) is 5.73 Å². The Morgan fingerprint density at radius 1 is 1.35 bits per heavy atom. The zero-order chi connectivity index (χ0) is 18.7. The minimum Gasteiger partial charge on any atom is -0.455 e. The van der Waals surface area contributed by atoms with Crippen LogP contribution in [-0.4, -0.2) is 27.4 Å². The number of hydrogen-bond donors (Lipinski definition) is 2. The maximum atomic E-state index is 11.7. The van der Waals surface area contributed by atoms with E-state index in [0.29, 0.717) is 22.6 Å². The molecule has 0 fully saturated rings. The van der Waals surface area contributed by atoms with Crippen LogP contribution in [0.5, 0.6) is 0 Å². The van der Waals surface area contributed by atoms with Gasteiger partial charge in [-0.2, -0.15) is 5.10 Å². The fourth-order valence-corrected chi connectivity index (χ4v) is 2.15. The predicted octanol–water partition coefficient (Wildman–Crippen LogP) is 1.89. The number of nitrogens with two attached hydrogens (primary N) is 1. The van der Waals surface area contributed by atoms with Gasteiger partial charge in [-0.1, -0.05) is 0 Å². The van der Waals surface area contributed by atoms with Gasteiger partial charge in [-0.3, -0.25) is 14.9 Å². The Labute approximate surface area is 145 Å². The highest BCUT2D eigenvalue weighted by Crippen LogP contribution is 2.27. The van der Waals surface area contributed by atoms with Crippen LogP contribution >= 0.6 is 0 Å². The highest BCUT2D eigenvalue weighted by atomic mass is 16.6. The van der Waals surface area contributed by atoms with E-state index in [1.54, 1.807) is 31.2 Å². The molecule has 3 aromatic rings. The highest BCUT2D eigenvalue weighted by Gasteiger charge is 2.15. The average Bonchev–Trinajstić information content (AvgIpc) is 3.23. The van der Waals surface area contributed by atoms with Crippen LogP contribution in [0.15, 0.2) is 44.5 Å². The Hall–Kier alpha value is -4.02. The van der Waals surface area contributed by atoms with Gasteiger partial charge >= 0.3 is 0 Å². The van der Waals surface area contributed by atoms with Gasteiger partial charge in [0, 0.05) is 17.2 Å². The first-order chi connectivity index (χ1) is 12.5. The minimum absolute atomic E-state index is 0.0337. The maximum absolute atomic E-state index is 11.7. The van der Waals surface area contributed by atoms with Crippen molar-refractivity contribution >= 4 is 23.6 Å². The van der Waals surface area contributed by atoms with Crippen LogP contribution in [0.2, 0.25) is 0 Å². The second-order valence-electron chi connectivity index (χ2n) is 5.16. The maximum Gasteiger partial charge on any atom is 0.297 e. The van der Waals surface area contributed by atoms with Crippen LogP contribution in [0.1, 0.15) is 21.8 Å². The Bertz CT molecular complexity index is 1010. The number of amides is 1. The molecule has 3 N–H and O–H groups in total. The SMILES string of the molecule is Cc1cc(-c2ccc(C=NNC(=O)c3nonc3N)o2)ccc1[N+](=O)[O-]. The van der Waals surface area contributed by atoms with Crippen molar-refractivity contribution in [3.63, 3.8) is 0 Å². The molecule has 0 bridgehead atoms. The summed E-state index contributed by atoms with van der Waals surface area (Å²) < 4.78 is 9.90. The molecule has 0 saturated carbocycles. The smallest absolute Gasteiger partial charge is 0.297 e. The number of hydrazone groups is 1. The van der Waals surface area contributed by atoms with Gasteiger partial charge in [0.2, 0.25) is 11.5 Å². The van der Waals surface area contributed by atoms with Crippen LogP contribution < -0.4 is 11.2 Å². The van der Waals surface area contributed by atoms with Crippen molar-refractivity contribution in [1.82, 2.24) is 15.7 Å². The van der Waals surface area contributed by atoms with Crippen molar-refractivity contribution in [3.8, 4) is 11.3 Å². The van der Waals surface area contributed by atoms with Crippen LogP contribution in [0.25, 0.3) is 11.3 Å². The molecule has 132 valence electrons. The molecule has 0 saturated heterocycles. The number of furan rings is 1. The van der Waals surface area contributed by atoms with E-state index < -0.39 is 10.8 Å². The molecule has 1 aromatic carbocycles. The third-order valence-corrected chi connectivity index (χ3v) is 3.39. The first-order valence-electron chi connectivity index (χ1n) is 7.22. The molecule has 0 aliphatic rings. The lowest BCUT2D eigenvalue weighted by atomic mass is 10.1. The second kappa shape index (κ2) is 6.84. The summed E-state index contributed by atoms with van der Waals surface area (Å²) >= 11 is 0. The number of aryl methyl sites for hydroxylation is 1. The molecule has 0 aliphatic carbocycles. The number of nitrogens with one attached hydrogen (secondary N) is 1. The van der Waals surface area contributed by atoms with E-state index in [4.69, 9.17) is 10.2 Å². The standard InChI is InChI=1S/C15H12N6O5/c1-8-6-9(2-4-11(8)21(23)24)12-5-3-10(25-12)7-17-18-15(22)13-14(16)20-26-19-13/h2-7H,1H3,(H2,16,20)(H,18,22). The molecule has 0 atom stereocenters. The number of carbonyl (C=O) groups excluding carboxylic acids is 1. The zero-order valence-corrected chi connectivity index (χ0v) is 13.4. The fraction of sp³-hybridized carbons (Fsp3) is 0.0667. The molecule has 1 amide bonds. The first-order valence-corrected chi connectivity index (χ1v) is 7.22. The summed E-state index contributed by atoms with van der Waals surface area (Å²) in [4.78, 5) is 22.1. The molecular weight excluding hydrogens is 344 g/mol. The van der Waals surface area contributed by atoms with E-state index >= 15 is 0 Å². The lowest BCUT2D eigenvalue weighted by Gasteiger charge is -2.00. The first kappa shape index (κ1) is 16.8. The normalized spacial score (nSPS) is 11.0. The molecule has 2 heterocycles. The van der Waals surface area contributed by atoms with Crippen molar-refractivity contribution in [1.29, 1.82) is 0 Å². The van der Waals surface area contributed by atoms with Gasteiger partial charge in [0.25, 0.3) is 11.6 Å². The lowest BCUT2D eigenvalue weighted by Crippen LogP contribution is -2.19. The number of hydrogen-bond acceptors (Lipinski definition) is 9. The van der Waals surface area contributed by atoms with E-state index in [-0.39, 0.29) is 17.2 Å². The van der Waals surface area contributed by atoms with Gasteiger partial charge in [0.15, 0.2) is 0 Å². The van der Waals surface area contributed by atoms with E-state index in [0.717, 1.165) is 0 Å².